The van der Waals surface area contributed by atoms with Gasteiger partial charge < -0.3 is 15.0 Å². The lowest BCUT2D eigenvalue weighted by atomic mass is 10.3. The first-order chi connectivity index (χ1) is 12.2. The molecule has 1 aromatic heterocycles. The van der Waals surface area contributed by atoms with Gasteiger partial charge in [-0.25, -0.2) is 9.97 Å². The van der Waals surface area contributed by atoms with Crippen LogP contribution in [0.15, 0.2) is 36.5 Å². The number of carbonyl (C=O) groups excluding carboxylic acids is 1. The second-order valence-electron chi connectivity index (χ2n) is 5.64. The van der Waals surface area contributed by atoms with Crippen molar-refractivity contribution in [1.29, 1.82) is 0 Å². The number of aromatic nitrogens is 2. The third kappa shape index (κ3) is 5.45. The van der Waals surface area contributed by atoms with Crippen LogP contribution in [0.2, 0.25) is 0 Å². The average Bonchev–Trinajstić information content (AvgIpc) is 2.63. The molecule has 0 aliphatic heterocycles. The number of hydrogen-bond acceptors (Lipinski definition) is 5. The zero-order chi connectivity index (χ0) is 18.1. The minimum Gasteiger partial charge on any atom is -0.494 e. The van der Waals surface area contributed by atoms with Crippen LogP contribution in [0.5, 0.6) is 5.75 Å². The zero-order valence-corrected chi connectivity index (χ0v) is 15.2. The fourth-order valence-corrected chi connectivity index (χ4v) is 2.49. The predicted molar refractivity (Wildman–Crippen MR) is 99.4 cm³/mol. The van der Waals surface area contributed by atoms with Crippen LogP contribution in [-0.2, 0) is 0 Å². The zero-order valence-electron chi connectivity index (χ0n) is 15.2. The van der Waals surface area contributed by atoms with Crippen LogP contribution in [0.25, 0.3) is 0 Å². The Morgan fingerprint density at radius 1 is 1.08 bits per heavy atom. The van der Waals surface area contributed by atoms with E-state index in [4.69, 9.17) is 4.74 Å². The molecule has 0 saturated heterocycles. The van der Waals surface area contributed by atoms with Gasteiger partial charge in [-0.15, -0.1) is 0 Å². The SMILES string of the molecule is CCCN(CCC)C(=O)c1ccnc(Nc2ccc(OCC)cc2)n1. The van der Waals surface area contributed by atoms with E-state index in [0.717, 1.165) is 37.4 Å². The fourth-order valence-electron chi connectivity index (χ4n) is 2.49. The van der Waals surface area contributed by atoms with Crippen LogP contribution < -0.4 is 10.1 Å². The first-order valence-electron chi connectivity index (χ1n) is 8.80. The molecule has 1 aromatic carbocycles. The van der Waals surface area contributed by atoms with Crippen LogP contribution in [0, 0.1) is 0 Å². The van der Waals surface area contributed by atoms with Gasteiger partial charge >= 0.3 is 0 Å². The van der Waals surface area contributed by atoms with Gasteiger partial charge in [0.2, 0.25) is 5.95 Å². The summed E-state index contributed by atoms with van der Waals surface area (Å²) in [5.74, 6) is 1.16. The van der Waals surface area contributed by atoms with E-state index in [9.17, 15) is 4.79 Å². The summed E-state index contributed by atoms with van der Waals surface area (Å²) >= 11 is 0. The number of ether oxygens (including phenoxy) is 1. The molecular formula is C19H26N4O2. The lowest BCUT2D eigenvalue weighted by molar-refractivity contribution is 0.0749. The van der Waals surface area contributed by atoms with Crippen molar-refractivity contribution >= 4 is 17.5 Å². The standard InChI is InChI=1S/C19H26N4O2/c1-4-13-23(14-5-2)18(24)17-11-12-20-19(22-17)21-15-7-9-16(10-8-15)25-6-3/h7-12H,4-6,13-14H2,1-3H3,(H,20,21,22). The third-order valence-corrected chi connectivity index (χ3v) is 3.57. The van der Waals surface area contributed by atoms with Crippen molar-refractivity contribution in [2.45, 2.75) is 33.6 Å². The van der Waals surface area contributed by atoms with Crippen LogP contribution in [0.4, 0.5) is 11.6 Å². The molecule has 0 unspecified atom stereocenters. The molecule has 0 spiro atoms. The van der Waals surface area contributed by atoms with E-state index in [1.54, 1.807) is 12.3 Å². The van der Waals surface area contributed by atoms with Gasteiger partial charge in [-0.1, -0.05) is 13.8 Å². The topological polar surface area (TPSA) is 67.4 Å². The molecule has 6 nitrogen and oxygen atoms in total. The van der Waals surface area contributed by atoms with E-state index in [1.165, 1.54) is 0 Å². The summed E-state index contributed by atoms with van der Waals surface area (Å²) in [6.07, 6.45) is 3.45. The number of benzene rings is 1. The van der Waals surface area contributed by atoms with Gasteiger partial charge in [-0.05, 0) is 50.1 Å². The van der Waals surface area contributed by atoms with Gasteiger partial charge in [-0.2, -0.15) is 0 Å². The Morgan fingerprint density at radius 2 is 1.76 bits per heavy atom. The third-order valence-electron chi connectivity index (χ3n) is 3.57. The van der Waals surface area contributed by atoms with E-state index in [-0.39, 0.29) is 5.91 Å². The highest BCUT2D eigenvalue weighted by atomic mass is 16.5. The van der Waals surface area contributed by atoms with E-state index in [0.29, 0.717) is 18.2 Å². The second kappa shape index (κ2) is 9.61. The lowest BCUT2D eigenvalue weighted by Crippen LogP contribution is -2.33. The maximum absolute atomic E-state index is 12.6. The number of amides is 1. The monoisotopic (exact) mass is 342 g/mol. The summed E-state index contributed by atoms with van der Waals surface area (Å²) in [4.78, 5) is 23.0. The van der Waals surface area contributed by atoms with E-state index in [2.05, 4.69) is 29.1 Å². The molecule has 25 heavy (non-hydrogen) atoms. The normalized spacial score (nSPS) is 10.4. The van der Waals surface area contributed by atoms with E-state index in [1.807, 2.05) is 36.1 Å². The highest BCUT2D eigenvalue weighted by Gasteiger charge is 2.16. The van der Waals surface area contributed by atoms with E-state index < -0.39 is 0 Å². The van der Waals surface area contributed by atoms with Crippen LogP contribution >= 0.6 is 0 Å². The highest BCUT2D eigenvalue weighted by Crippen LogP contribution is 2.18. The number of rotatable bonds is 9. The molecule has 2 rings (SSSR count). The molecule has 1 N–H and O–H groups in total. The van der Waals surface area contributed by atoms with Gasteiger partial charge in [0, 0.05) is 25.0 Å². The molecule has 1 amide bonds. The Bertz CT molecular complexity index is 667. The minimum absolute atomic E-state index is 0.0548. The maximum atomic E-state index is 12.6. The Hall–Kier alpha value is -2.63. The number of carbonyl (C=O) groups is 1. The Balaban J connectivity index is 2.10. The van der Waals surface area contributed by atoms with Crippen LogP contribution in [0.3, 0.4) is 0 Å². The van der Waals surface area contributed by atoms with Gasteiger partial charge in [0.25, 0.3) is 5.91 Å². The summed E-state index contributed by atoms with van der Waals surface area (Å²) in [6.45, 7) is 8.18. The van der Waals surface area contributed by atoms with Crippen LogP contribution in [-0.4, -0.2) is 40.5 Å². The first-order valence-corrected chi connectivity index (χ1v) is 8.80. The largest absolute Gasteiger partial charge is 0.494 e. The predicted octanol–water partition coefficient (Wildman–Crippen LogP) is 3.88. The molecule has 6 heteroatoms. The van der Waals surface area contributed by atoms with Crippen molar-refractivity contribution in [3.8, 4) is 5.75 Å². The molecular weight excluding hydrogens is 316 g/mol. The van der Waals surface area contributed by atoms with Crippen molar-refractivity contribution in [3.05, 3.63) is 42.2 Å². The quantitative estimate of drug-likeness (QED) is 0.749. The summed E-state index contributed by atoms with van der Waals surface area (Å²) in [7, 11) is 0. The summed E-state index contributed by atoms with van der Waals surface area (Å²) in [5.41, 5.74) is 1.25. The van der Waals surface area contributed by atoms with Crippen molar-refractivity contribution in [3.63, 3.8) is 0 Å². The number of hydrogen-bond donors (Lipinski definition) is 1. The minimum atomic E-state index is -0.0548. The molecule has 0 fully saturated rings. The Morgan fingerprint density at radius 3 is 2.36 bits per heavy atom. The van der Waals surface area contributed by atoms with Crippen molar-refractivity contribution < 1.29 is 9.53 Å². The molecule has 0 aliphatic rings. The molecule has 134 valence electrons. The average molecular weight is 342 g/mol. The van der Waals surface area contributed by atoms with Gasteiger partial charge in [-0.3, -0.25) is 4.79 Å². The van der Waals surface area contributed by atoms with Crippen molar-refractivity contribution in [2.75, 3.05) is 25.0 Å². The fraction of sp³-hybridized carbons (Fsp3) is 0.421. The van der Waals surface area contributed by atoms with Gasteiger partial charge in [0.1, 0.15) is 11.4 Å². The summed E-state index contributed by atoms with van der Waals surface area (Å²) < 4.78 is 5.42. The Kier molecular flexibility index (Phi) is 7.19. The van der Waals surface area contributed by atoms with Crippen LogP contribution in [0.1, 0.15) is 44.1 Å². The van der Waals surface area contributed by atoms with E-state index >= 15 is 0 Å². The van der Waals surface area contributed by atoms with Crippen molar-refractivity contribution in [1.82, 2.24) is 14.9 Å². The molecule has 0 saturated carbocycles. The molecule has 0 radical (unpaired) electrons. The van der Waals surface area contributed by atoms with Gasteiger partial charge in [0.15, 0.2) is 0 Å². The summed E-state index contributed by atoms with van der Waals surface area (Å²) in [5, 5.41) is 3.12. The smallest absolute Gasteiger partial charge is 0.272 e. The lowest BCUT2D eigenvalue weighted by Gasteiger charge is -2.21. The molecule has 0 atom stereocenters. The molecule has 1 heterocycles. The molecule has 2 aromatic rings. The van der Waals surface area contributed by atoms with Crippen molar-refractivity contribution in [2.24, 2.45) is 0 Å². The number of anilines is 2. The Labute approximate surface area is 149 Å². The second-order valence-corrected chi connectivity index (χ2v) is 5.64. The summed E-state index contributed by atoms with van der Waals surface area (Å²) in [6, 6.07) is 9.20. The maximum Gasteiger partial charge on any atom is 0.272 e. The molecule has 0 aliphatic carbocycles. The first kappa shape index (κ1) is 18.7. The molecule has 0 bridgehead atoms. The van der Waals surface area contributed by atoms with Gasteiger partial charge in [0.05, 0.1) is 6.61 Å². The number of nitrogens with zero attached hydrogens (tertiary/aromatic N) is 3. The highest BCUT2D eigenvalue weighted by molar-refractivity contribution is 5.92. The number of nitrogens with one attached hydrogen (secondary N) is 1.